The van der Waals surface area contributed by atoms with Crippen molar-refractivity contribution in [1.82, 2.24) is 0 Å². The smallest absolute Gasteiger partial charge is 0.320 e. The summed E-state index contributed by atoms with van der Waals surface area (Å²) in [6, 6.07) is 0.825. The van der Waals surface area contributed by atoms with Crippen molar-refractivity contribution >= 4 is 5.97 Å². The Morgan fingerprint density at radius 3 is 2.71 bits per heavy atom. The Morgan fingerprint density at radius 2 is 2.21 bits per heavy atom. The molecular formula is C9H11NO4. The van der Waals surface area contributed by atoms with Gasteiger partial charge >= 0.3 is 5.97 Å². The van der Waals surface area contributed by atoms with Gasteiger partial charge in [0.15, 0.2) is 11.5 Å². The van der Waals surface area contributed by atoms with Gasteiger partial charge in [-0.2, -0.15) is 0 Å². The van der Waals surface area contributed by atoms with Crippen LogP contribution in [0.4, 0.5) is 0 Å². The number of hydrogen-bond acceptors (Lipinski definition) is 4. The third-order valence-electron chi connectivity index (χ3n) is 1.57. The van der Waals surface area contributed by atoms with E-state index in [1.54, 1.807) is 0 Å². The SMILES string of the molecule is [2H]C(c1ccc(O)c(O)c1)[C@]([2H])(N)C(=O)O. The number of carboxylic acid groups (broad SMARTS) is 1. The normalized spacial score (nSPS) is 18.9. The number of benzene rings is 1. The van der Waals surface area contributed by atoms with Crippen molar-refractivity contribution < 1.29 is 22.9 Å². The molecule has 5 heteroatoms. The zero-order valence-corrected chi connectivity index (χ0v) is 7.14. The van der Waals surface area contributed by atoms with Gasteiger partial charge < -0.3 is 21.1 Å². The Bertz CT molecular complexity index is 422. The van der Waals surface area contributed by atoms with E-state index in [1.165, 1.54) is 6.07 Å². The fraction of sp³-hybridized carbons (Fsp3) is 0.222. The van der Waals surface area contributed by atoms with Crippen molar-refractivity contribution in [3.63, 3.8) is 0 Å². The molecule has 1 rings (SSSR count). The Hall–Kier alpha value is -1.75. The maximum Gasteiger partial charge on any atom is 0.320 e. The third kappa shape index (κ3) is 2.37. The number of nitrogens with two attached hydrogens (primary N) is 1. The van der Waals surface area contributed by atoms with Gasteiger partial charge in [0.1, 0.15) is 6.02 Å². The summed E-state index contributed by atoms with van der Waals surface area (Å²) in [6.45, 7) is 0. The van der Waals surface area contributed by atoms with E-state index in [4.69, 9.17) is 18.7 Å². The second-order valence-corrected chi connectivity index (χ2v) is 2.65. The van der Waals surface area contributed by atoms with Crippen molar-refractivity contribution in [2.24, 2.45) is 5.73 Å². The van der Waals surface area contributed by atoms with Crippen LogP contribution in [0.15, 0.2) is 18.2 Å². The van der Waals surface area contributed by atoms with E-state index < -0.39 is 24.1 Å². The van der Waals surface area contributed by atoms with Crippen LogP contribution >= 0.6 is 0 Å². The van der Waals surface area contributed by atoms with E-state index in [1.807, 2.05) is 0 Å². The quantitative estimate of drug-likeness (QED) is 0.515. The second-order valence-electron chi connectivity index (χ2n) is 2.65. The van der Waals surface area contributed by atoms with Gasteiger partial charge in [0.05, 0.1) is 1.37 Å². The van der Waals surface area contributed by atoms with Gasteiger partial charge in [-0.1, -0.05) is 6.07 Å². The summed E-state index contributed by atoms with van der Waals surface area (Å²) in [4.78, 5) is 10.6. The van der Waals surface area contributed by atoms with Crippen LogP contribution in [-0.2, 0) is 11.2 Å². The van der Waals surface area contributed by atoms with Crippen molar-refractivity contribution in [3.05, 3.63) is 23.8 Å². The molecule has 0 saturated carbocycles. The topological polar surface area (TPSA) is 104 Å². The zero-order valence-electron chi connectivity index (χ0n) is 9.14. The molecule has 14 heavy (non-hydrogen) atoms. The van der Waals surface area contributed by atoms with Crippen LogP contribution < -0.4 is 5.73 Å². The maximum absolute atomic E-state index is 10.6. The fourth-order valence-corrected chi connectivity index (χ4v) is 0.872. The van der Waals surface area contributed by atoms with Crippen LogP contribution in [0.1, 0.15) is 8.30 Å². The average molecular weight is 199 g/mol. The van der Waals surface area contributed by atoms with Gasteiger partial charge in [0, 0.05) is 1.37 Å². The summed E-state index contributed by atoms with van der Waals surface area (Å²) < 4.78 is 14.8. The van der Waals surface area contributed by atoms with Gasteiger partial charge in [-0.15, -0.1) is 0 Å². The summed E-state index contributed by atoms with van der Waals surface area (Å²) in [5.74, 6) is -2.52. The Balaban J connectivity index is 3.10. The van der Waals surface area contributed by atoms with Crippen LogP contribution in [0, 0.1) is 0 Å². The highest BCUT2D eigenvalue weighted by atomic mass is 16.4. The number of carbonyl (C=O) groups is 1. The Labute approximate surface area is 83.2 Å². The van der Waals surface area contributed by atoms with Gasteiger partial charge in [0.2, 0.25) is 0 Å². The molecule has 1 aromatic carbocycles. The van der Waals surface area contributed by atoms with Crippen molar-refractivity contribution in [2.45, 2.75) is 12.4 Å². The maximum atomic E-state index is 10.6. The Kier molecular flexibility index (Phi) is 2.17. The van der Waals surface area contributed by atoms with Gasteiger partial charge in [-0.05, 0) is 24.1 Å². The summed E-state index contributed by atoms with van der Waals surface area (Å²) in [6.07, 6.45) is -1.57. The van der Waals surface area contributed by atoms with Crippen molar-refractivity contribution in [3.8, 4) is 11.5 Å². The molecule has 0 saturated heterocycles. The first kappa shape index (κ1) is 7.64. The van der Waals surface area contributed by atoms with Crippen LogP contribution in [0.3, 0.4) is 0 Å². The molecule has 76 valence electrons. The van der Waals surface area contributed by atoms with Crippen molar-refractivity contribution in [2.75, 3.05) is 0 Å². The summed E-state index contributed by atoms with van der Waals surface area (Å²) in [5.41, 5.74) is 5.20. The van der Waals surface area contributed by atoms with E-state index in [2.05, 4.69) is 0 Å². The van der Waals surface area contributed by atoms with Gasteiger partial charge in [-0.25, -0.2) is 0 Å². The van der Waals surface area contributed by atoms with E-state index in [0.29, 0.717) is 0 Å². The first-order valence-corrected chi connectivity index (χ1v) is 3.73. The van der Waals surface area contributed by atoms with Crippen LogP contribution in [-0.4, -0.2) is 27.3 Å². The minimum Gasteiger partial charge on any atom is -0.504 e. The highest BCUT2D eigenvalue weighted by Gasteiger charge is 2.12. The van der Waals surface area contributed by atoms with E-state index in [0.717, 1.165) is 12.1 Å². The highest BCUT2D eigenvalue weighted by molar-refractivity contribution is 5.73. The first-order chi connectivity index (χ1) is 7.26. The lowest BCUT2D eigenvalue weighted by molar-refractivity contribution is -0.138. The van der Waals surface area contributed by atoms with Crippen LogP contribution in [0.2, 0.25) is 0 Å². The van der Waals surface area contributed by atoms with E-state index in [9.17, 15) is 9.90 Å². The molecule has 0 spiro atoms. The van der Waals surface area contributed by atoms with Gasteiger partial charge in [-0.3, -0.25) is 4.79 Å². The molecule has 1 aromatic rings. The molecule has 0 radical (unpaired) electrons. The number of carboxylic acids is 1. The number of aromatic hydroxyl groups is 2. The van der Waals surface area contributed by atoms with E-state index in [-0.39, 0.29) is 11.3 Å². The fourth-order valence-electron chi connectivity index (χ4n) is 0.872. The molecule has 0 aliphatic heterocycles. The minimum absolute atomic E-state index is 0.0372. The Morgan fingerprint density at radius 1 is 1.57 bits per heavy atom. The molecule has 1 unspecified atom stereocenters. The summed E-state index contributed by atoms with van der Waals surface area (Å²) in [5, 5.41) is 26.9. The van der Waals surface area contributed by atoms with Crippen molar-refractivity contribution in [1.29, 1.82) is 0 Å². The number of rotatable bonds is 3. The standard InChI is InChI=1S/C9H11NO4/c10-6(9(13)14)3-5-1-2-7(11)8(12)4-5/h1-2,4,6,11-12H,3,10H2,(H,13,14)/t6-/m0/s1/i3D,6D/t3?,6-. The molecule has 5 N–H and O–H groups in total. The predicted molar refractivity (Wildman–Crippen MR) is 49.1 cm³/mol. The molecule has 0 heterocycles. The number of phenolic OH excluding ortho intramolecular Hbond substituents is 2. The first-order valence-electron chi connectivity index (χ1n) is 4.81. The number of hydrogen-bond donors (Lipinski definition) is 4. The van der Waals surface area contributed by atoms with Gasteiger partial charge in [0.25, 0.3) is 0 Å². The molecule has 2 atom stereocenters. The molecular weight excluding hydrogens is 186 g/mol. The van der Waals surface area contributed by atoms with Crippen LogP contribution in [0.5, 0.6) is 11.5 Å². The summed E-state index contributed by atoms with van der Waals surface area (Å²) in [7, 11) is 0. The molecule has 0 amide bonds. The molecule has 0 fully saturated rings. The van der Waals surface area contributed by atoms with E-state index >= 15 is 0 Å². The minimum atomic E-state index is -2.51. The average Bonchev–Trinajstić information content (AvgIpc) is 2.20. The molecule has 5 nitrogen and oxygen atoms in total. The van der Waals surface area contributed by atoms with Crippen LogP contribution in [0.25, 0.3) is 0 Å². The number of phenols is 2. The lowest BCUT2D eigenvalue weighted by Gasteiger charge is -2.06. The lowest BCUT2D eigenvalue weighted by atomic mass is 10.1. The largest absolute Gasteiger partial charge is 0.504 e. The lowest BCUT2D eigenvalue weighted by Crippen LogP contribution is -2.32. The zero-order chi connectivity index (χ0) is 12.5. The monoisotopic (exact) mass is 199 g/mol. The third-order valence-corrected chi connectivity index (χ3v) is 1.57. The molecule has 0 bridgehead atoms. The second kappa shape index (κ2) is 3.97. The predicted octanol–water partition coefficient (Wildman–Crippen LogP) is 0.0522. The summed E-state index contributed by atoms with van der Waals surface area (Å²) >= 11 is 0. The highest BCUT2D eigenvalue weighted by Crippen LogP contribution is 2.25. The molecule has 0 aliphatic rings. The number of aliphatic carboxylic acids is 1. The molecule has 0 aliphatic carbocycles. The molecule has 0 aromatic heterocycles.